The van der Waals surface area contributed by atoms with Crippen LogP contribution in [0.2, 0.25) is 0 Å². The van der Waals surface area contributed by atoms with Crippen LogP contribution in [0.1, 0.15) is 49.1 Å². The van der Waals surface area contributed by atoms with Crippen LogP contribution in [0, 0.1) is 0 Å². The van der Waals surface area contributed by atoms with Gasteiger partial charge in [-0.05, 0) is 53.6 Å². The number of nitrogens with zero attached hydrogens (tertiary/aromatic N) is 2. The van der Waals surface area contributed by atoms with Gasteiger partial charge in [-0.2, -0.15) is 10.2 Å². The molecule has 0 spiro atoms. The molecule has 46 heavy (non-hydrogen) atoms. The maximum Gasteiger partial charge on any atom is 0.343 e. The number of ether oxygens (including phenoxy) is 2. The molecule has 0 fully saturated rings. The van der Waals surface area contributed by atoms with E-state index in [-0.39, 0.29) is 0 Å². The lowest BCUT2D eigenvalue weighted by molar-refractivity contribution is 0.0723. The lowest BCUT2D eigenvalue weighted by Gasteiger charge is -2.22. The molecule has 0 saturated heterocycles. The highest BCUT2D eigenvalue weighted by atomic mass is 16.5. The molecule has 8 heteroatoms. The number of para-hydroxylation sites is 2. The summed E-state index contributed by atoms with van der Waals surface area (Å²) in [6.45, 7) is 4.64. The Morgan fingerprint density at radius 1 is 0.696 bits per heavy atom. The van der Waals surface area contributed by atoms with Crippen LogP contribution in [0.15, 0.2) is 156 Å². The summed E-state index contributed by atoms with van der Waals surface area (Å²) in [5.41, 5.74) is 5.62. The van der Waals surface area contributed by atoms with E-state index in [4.69, 9.17) is 9.47 Å². The van der Waals surface area contributed by atoms with Gasteiger partial charge in [-0.3, -0.25) is 0 Å². The third-order valence-corrected chi connectivity index (χ3v) is 7.29. The number of carbonyl (C=O) groups excluding carboxylic acids is 2. The molecule has 2 N–H and O–H groups in total. The highest BCUT2D eigenvalue weighted by Gasteiger charge is 2.22. The fraction of sp³-hybridized carbons (Fsp3) is 0.0526. The second-order valence-corrected chi connectivity index (χ2v) is 10.4. The minimum Gasteiger partial charge on any atom is -0.423 e. The van der Waals surface area contributed by atoms with Gasteiger partial charge in [0.25, 0.3) is 0 Å². The van der Waals surface area contributed by atoms with E-state index in [1.54, 1.807) is 66.9 Å². The van der Waals surface area contributed by atoms with E-state index in [2.05, 4.69) is 27.4 Å². The van der Waals surface area contributed by atoms with Gasteiger partial charge in [0.2, 0.25) is 0 Å². The molecule has 5 aromatic carbocycles. The van der Waals surface area contributed by atoms with Crippen molar-refractivity contribution in [3.8, 4) is 11.5 Å². The Bertz CT molecular complexity index is 1940. The lowest BCUT2D eigenvalue weighted by atomic mass is 10.0. The summed E-state index contributed by atoms with van der Waals surface area (Å²) in [4.78, 5) is 25.4. The normalized spacial score (nSPS) is 13.6. The predicted octanol–water partition coefficient (Wildman–Crippen LogP) is 7.94. The molecule has 1 aliphatic rings. The summed E-state index contributed by atoms with van der Waals surface area (Å²) in [5, 5.41) is 15.4. The first-order valence-corrected chi connectivity index (χ1v) is 14.7. The third kappa shape index (κ3) is 7.09. The standard InChI is InChI=1S/C38H30N4O4/c1-26(39-24-31-17-8-10-21-34(31)45-37(43)27-13-4-2-5-14-27)29-18-12-19-30(23-29)33-25-40-42-36(41-33)32-20-9-11-22-35(32)46-38(44)28-15-6-3-7-16-28/h2-23,25,36,39,41H,1,24H2. The zero-order valence-electron chi connectivity index (χ0n) is 24.8. The molecule has 0 aromatic heterocycles. The molecule has 6 rings (SSSR count). The number of azo groups is 1. The van der Waals surface area contributed by atoms with E-state index in [0.717, 1.165) is 22.4 Å². The van der Waals surface area contributed by atoms with Crippen molar-refractivity contribution in [2.45, 2.75) is 12.7 Å². The second-order valence-electron chi connectivity index (χ2n) is 10.4. The second kappa shape index (κ2) is 14.0. The molecular weight excluding hydrogens is 576 g/mol. The molecule has 8 nitrogen and oxygen atoms in total. The lowest BCUT2D eigenvalue weighted by Crippen LogP contribution is -2.21. The van der Waals surface area contributed by atoms with Gasteiger partial charge in [-0.25, -0.2) is 9.59 Å². The van der Waals surface area contributed by atoms with Crippen LogP contribution in [0.5, 0.6) is 11.5 Å². The summed E-state index contributed by atoms with van der Waals surface area (Å²) in [7, 11) is 0. The highest BCUT2D eigenvalue weighted by Crippen LogP contribution is 2.32. The Kier molecular flexibility index (Phi) is 9.07. The minimum absolute atomic E-state index is 0.398. The van der Waals surface area contributed by atoms with Crippen LogP contribution in [-0.2, 0) is 6.54 Å². The Morgan fingerprint density at radius 2 is 1.28 bits per heavy atom. The van der Waals surface area contributed by atoms with Crippen molar-refractivity contribution in [3.05, 3.63) is 180 Å². The Hall–Kier alpha value is -6.28. The summed E-state index contributed by atoms with van der Waals surface area (Å²) < 4.78 is 11.4. The molecule has 1 aliphatic heterocycles. The van der Waals surface area contributed by atoms with Crippen LogP contribution < -0.4 is 20.1 Å². The number of hydrogen-bond acceptors (Lipinski definition) is 8. The first-order valence-electron chi connectivity index (χ1n) is 14.7. The van der Waals surface area contributed by atoms with Crippen LogP contribution in [0.3, 0.4) is 0 Å². The minimum atomic E-state index is -0.570. The van der Waals surface area contributed by atoms with E-state index in [0.29, 0.717) is 40.4 Å². The predicted molar refractivity (Wildman–Crippen MR) is 177 cm³/mol. The van der Waals surface area contributed by atoms with Gasteiger partial charge in [0, 0.05) is 23.4 Å². The average molecular weight is 607 g/mol. The van der Waals surface area contributed by atoms with E-state index in [9.17, 15) is 9.59 Å². The van der Waals surface area contributed by atoms with Crippen molar-refractivity contribution in [3.63, 3.8) is 0 Å². The van der Waals surface area contributed by atoms with Crippen molar-refractivity contribution >= 4 is 23.3 Å². The van der Waals surface area contributed by atoms with Gasteiger partial charge in [-0.15, -0.1) is 0 Å². The summed E-state index contributed by atoms with van der Waals surface area (Å²) in [6.07, 6.45) is 1.08. The fourth-order valence-corrected chi connectivity index (χ4v) is 4.86. The zero-order valence-corrected chi connectivity index (χ0v) is 24.8. The smallest absolute Gasteiger partial charge is 0.343 e. The third-order valence-electron chi connectivity index (χ3n) is 7.29. The molecule has 0 amide bonds. The SMILES string of the molecule is C=C(NCc1ccccc1OC(=O)c1ccccc1)c1cccc(C2=CN=NC(c3ccccc3OC(=O)c3ccccc3)N2)c1. The zero-order chi connectivity index (χ0) is 31.7. The first kappa shape index (κ1) is 29.8. The van der Waals surface area contributed by atoms with Gasteiger partial charge >= 0.3 is 11.9 Å². The maximum atomic E-state index is 12.8. The van der Waals surface area contributed by atoms with E-state index in [1.807, 2.05) is 72.8 Å². The number of nitrogens with one attached hydrogen (secondary N) is 2. The van der Waals surface area contributed by atoms with Gasteiger partial charge in [0.15, 0.2) is 6.17 Å². The van der Waals surface area contributed by atoms with Gasteiger partial charge in [-0.1, -0.05) is 97.6 Å². The quantitative estimate of drug-likeness (QED) is 0.124. The molecule has 0 bridgehead atoms. The average Bonchev–Trinajstić information content (AvgIpc) is 3.12. The van der Waals surface area contributed by atoms with Crippen molar-refractivity contribution < 1.29 is 19.1 Å². The Balaban J connectivity index is 1.12. The van der Waals surface area contributed by atoms with Crippen LogP contribution in [0.4, 0.5) is 0 Å². The van der Waals surface area contributed by atoms with E-state index >= 15 is 0 Å². The number of benzene rings is 5. The Labute approximate surface area is 266 Å². The number of esters is 2. The molecule has 1 atom stereocenters. The van der Waals surface area contributed by atoms with Crippen molar-refractivity contribution in [1.29, 1.82) is 0 Å². The summed E-state index contributed by atoms with van der Waals surface area (Å²) in [6, 6.07) is 40.2. The van der Waals surface area contributed by atoms with Crippen molar-refractivity contribution in [1.82, 2.24) is 10.6 Å². The fourth-order valence-electron chi connectivity index (χ4n) is 4.86. The topological polar surface area (TPSA) is 101 Å². The number of rotatable bonds is 10. The van der Waals surface area contributed by atoms with Gasteiger partial charge in [0.05, 0.1) is 23.0 Å². The maximum absolute atomic E-state index is 12.8. The largest absolute Gasteiger partial charge is 0.423 e. The van der Waals surface area contributed by atoms with Crippen molar-refractivity contribution in [2.75, 3.05) is 0 Å². The van der Waals surface area contributed by atoms with E-state index < -0.39 is 18.1 Å². The number of hydrogen-bond donors (Lipinski definition) is 2. The molecule has 5 aromatic rings. The van der Waals surface area contributed by atoms with Crippen LogP contribution in [-0.4, -0.2) is 11.9 Å². The van der Waals surface area contributed by atoms with Crippen molar-refractivity contribution in [2.24, 2.45) is 10.2 Å². The first-order chi connectivity index (χ1) is 22.5. The molecular formula is C38H30N4O4. The monoisotopic (exact) mass is 606 g/mol. The highest BCUT2D eigenvalue weighted by molar-refractivity contribution is 5.91. The Morgan fingerprint density at radius 3 is 2.00 bits per heavy atom. The number of carbonyl (C=O) groups is 2. The molecule has 0 saturated carbocycles. The van der Waals surface area contributed by atoms with Crippen LogP contribution in [0.25, 0.3) is 11.4 Å². The van der Waals surface area contributed by atoms with Gasteiger partial charge in [0.1, 0.15) is 11.5 Å². The van der Waals surface area contributed by atoms with E-state index in [1.165, 1.54) is 0 Å². The summed E-state index contributed by atoms with van der Waals surface area (Å²) >= 11 is 0. The molecule has 226 valence electrons. The molecule has 1 heterocycles. The van der Waals surface area contributed by atoms with Crippen LogP contribution >= 0.6 is 0 Å². The van der Waals surface area contributed by atoms with Gasteiger partial charge < -0.3 is 20.1 Å². The molecule has 0 aliphatic carbocycles. The molecule has 0 radical (unpaired) electrons. The summed E-state index contributed by atoms with van der Waals surface area (Å²) in [5.74, 6) is 0.00994. The molecule has 1 unspecified atom stereocenters.